The van der Waals surface area contributed by atoms with Crippen LogP contribution in [-0.2, 0) is 11.8 Å². The Morgan fingerprint density at radius 3 is 2.25 bits per heavy atom. The lowest BCUT2D eigenvalue weighted by Crippen LogP contribution is -2.33. The van der Waals surface area contributed by atoms with E-state index in [1.54, 1.807) is 0 Å². The summed E-state index contributed by atoms with van der Waals surface area (Å²) >= 11 is 0. The largest absolute Gasteiger partial charge is 0.293 e. The van der Waals surface area contributed by atoms with E-state index in [1.807, 2.05) is 18.2 Å². The Balaban J connectivity index is 2.02. The van der Waals surface area contributed by atoms with Gasteiger partial charge < -0.3 is 0 Å². The quantitative estimate of drug-likeness (QED) is 0.653. The Hall–Kier alpha value is -2.15. The molecule has 1 spiro atoms. The van der Waals surface area contributed by atoms with Crippen molar-refractivity contribution in [3.63, 3.8) is 0 Å². The summed E-state index contributed by atoms with van der Waals surface area (Å²) in [4.78, 5) is 13.2. The molecule has 0 unspecified atom stereocenters. The van der Waals surface area contributed by atoms with E-state index in [-0.39, 0.29) is 5.41 Å². The molecule has 4 rings (SSSR count). The molecule has 0 amide bonds. The van der Waals surface area contributed by atoms with Gasteiger partial charge in [0.05, 0.1) is 5.41 Å². The molecule has 0 saturated heterocycles. The van der Waals surface area contributed by atoms with Crippen molar-refractivity contribution in [1.29, 1.82) is 0 Å². The molecule has 0 radical (unpaired) electrons. The average molecular weight is 260 g/mol. The highest BCUT2D eigenvalue weighted by atomic mass is 16.1. The first kappa shape index (κ1) is 11.7. The lowest BCUT2D eigenvalue weighted by Gasteiger charge is -2.28. The zero-order valence-electron chi connectivity index (χ0n) is 11.3. The van der Waals surface area contributed by atoms with E-state index in [1.165, 1.54) is 11.1 Å². The van der Waals surface area contributed by atoms with Crippen LogP contribution in [0.1, 0.15) is 39.9 Å². The fraction of sp³-hybridized carbons (Fsp3) is 0.211. The summed E-state index contributed by atoms with van der Waals surface area (Å²) in [6.07, 6.45) is 6.83. The average Bonchev–Trinajstić information content (AvgIpc) is 2.95. The number of carbonyl (C=O) groups excluding carboxylic acids is 1. The molecule has 1 nitrogen and oxygen atoms in total. The van der Waals surface area contributed by atoms with Crippen molar-refractivity contribution in [1.82, 2.24) is 0 Å². The van der Waals surface area contributed by atoms with Gasteiger partial charge in [0.15, 0.2) is 5.78 Å². The van der Waals surface area contributed by atoms with Crippen LogP contribution < -0.4 is 0 Å². The van der Waals surface area contributed by atoms with Crippen molar-refractivity contribution in [3.05, 3.63) is 82.9 Å². The number of allylic oxidation sites excluding steroid dienone is 2. The summed E-state index contributed by atoms with van der Waals surface area (Å²) in [6, 6.07) is 16.5. The second-order valence-electron chi connectivity index (χ2n) is 5.78. The fourth-order valence-corrected chi connectivity index (χ4v) is 3.68. The Kier molecular flexibility index (Phi) is 2.43. The van der Waals surface area contributed by atoms with Gasteiger partial charge in [-0.2, -0.15) is 0 Å². The van der Waals surface area contributed by atoms with Crippen LogP contribution in [0.25, 0.3) is 0 Å². The molecule has 2 aromatic rings. The van der Waals surface area contributed by atoms with Crippen LogP contribution in [0.3, 0.4) is 0 Å². The standard InChI is InChI=1S/C19H16O/c20-18-16-9-3-1-7-14(16)13-15-8-2-4-10-17(15)19(18)11-5-6-12-19/h1-10H,11-13H2. The van der Waals surface area contributed by atoms with Gasteiger partial charge in [0.1, 0.15) is 0 Å². The first-order chi connectivity index (χ1) is 9.81. The Labute approximate surface area is 119 Å². The highest BCUT2D eigenvalue weighted by molar-refractivity contribution is 6.06. The normalized spacial score (nSPS) is 18.7. The molecule has 2 aliphatic carbocycles. The molecule has 20 heavy (non-hydrogen) atoms. The van der Waals surface area contributed by atoms with Crippen LogP contribution in [0.5, 0.6) is 0 Å². The van der Waals surface area contributed by atoms with Gasteiger partial charge in [0.25, 0.3) is 0 Å². The van der Waals surface area contributed by atoms with Gasteiger partial charge >= 0.3 is 0 Å². The monoisotopic (exact) mass is 260 g/mol. The predicted octanol–water partition coefficient (Wildman–Crippen LogP) is 4.06. The Bertz CT molecular complexity index is 716. The van der Waals surface area contributed by atoms with Crippen molar-refractivity contribution in [3.8, 4) is 0 Å². The highest BCUT2D eigenvalue weighted by Crippen LogP contribution is 2.44. The maximum atomic E-state index is 13.2. The molecule has 0 aromatic heterocycles. The highest BCUT2D eigenvalue weighted by Gasteiger charge is 2.44. The third-order valence-electron chi connectivity index (χ3n) is 4.71. The van der Waals surface area contributed by atoms with E-state index in [2.05, 4.69) is 42.5 Å². The zero-order chi connectivity index (χ0) is 13.6. The lowest BCUT2D eigenvalue weighted by atomic mass is 9.72. The third kappa shape index (κ3) is 1.46. The van der Waals surface area contributed by atoms with Crippen molar-refractivity contribution >= 4 is 5.78 Å². The van der Waals surface area contributed by atoms with Crippen molar-refractivity contribution < 1.29 is 4.79 Å². The Morgan fingerprint density at radius 1 is 0.800 bits per heavy atom. The van der Waals surface area contributed by atoms with Gasteiger partial charge in [-0.3, -0.25) is 4.79 Å². The molecule has 0 fully saturated rings. The molecule has 98 valence electrons. The van der Waals surface area contributed by atoms with Gasteiger partial charge in [-0.05, 0) is 36.0 Å². The molecule has 2 aliphatic rings. The van der Waals surface area contributed by atoms with Gasteiger partial charge in [-0.25, -0.2) is 0 Å². The minimum Gasteiger partial charge on any atom is -0.293 e. The van der Waals surface area contributed by atoms with E-state index in [0.717, 1.165) is 30.4 Å². The predicted molar refractivity (Wildman–Crippen MR) is 80.1 cm³/mol. The van der Waals surface area contributed by atoms with Crippen LogP contribution in [0.2, 0.25) is 0 Å². The summed E-state index contributed by atoms with van der Waals surface area (Å²) in [7, 11) is 0. The van der Waals surface area contributed by atoms with E-state index in [4.69, 9.17) is 0 Å². The molecule has 1 heteroatoms. The molecule has 0 saturated carbocycles. The molecule has 0 N–H and O–H groups in total. The molecule has 0 atom stereocenters. The number of fused-ring (bicyclic) bond motifs is 3. The molecular weight excluding hydrogens is 244 g/mol. The number of hydrogen-bond acceptors (Lipinski definition) is 1. The minimum atomic E-state index is -0.358. The van der Waals surface area contributed by atoms with Crippen LogP contribution >= 0.6 is 0 Å². The lowest BCUT2D eigenvalue weighted by molar-refractivity contribution is 0.0891. The number of benzene rings is 2. The SMILES string of the molecule is O=C1c2ccccc2Cc2ccccc2C12CC=CC2. The molecule has 2 aromatic carbocycles. The van der Waals surface area contributed by atoms with Crippen LogP contribution in [0, 0.1) is 0 Å². The molecule has 0 bridgehead atoms. The third-order valence-corrected chi connectivity index (χ3v) is 4.71. The van der Waals surface area contributed by atoms with Crippen LogP contribution in [-0.4, -0.2) is 5.78 Å². The van der Waals surface area contributed by atoms with Crippen LogP contribution in [0.15, 0.2) is 60.7 Å². The van der Waals surface area contributed by atoms with Gasteiger partial charge in [0, 0.05) is 5.56 Å². The first-order valence-electron chi connectivity index (χ1n) is 7.17. The maximum Gasteiger partial charge on any atom is 0.174 e. The summed E-state index contributed by atoms with van der Waals surface area (Å²) in [5, 5.41) is 0. The fourth-order valence-electron chi connectivity index (χ4n) is 3.68. The summed E-state index contributed by atoms with van der Waals surface area (Å²) in [6.45, 7) is 0. The van der Waals surface area contributed by atoms with Crippen molar-refractivity contribution in [2.24, 2.45) is 0 Å². The number of Topliss-reactive ketones (excluding diaryl/α,β-unsaturated/α-hetero) is 1. The van der Waals surface area contributed by atoms with Gasteiger partial charge in [0.2, 0.25) is 0 Å². The smallest absolute Gasteiger partial charge is 0.174 e. The molecular formula is C19H16O. The number of ketones is 1. The summed E-state index contributed by atoms with van der Waals surface area (Å²) in [5.74, 6) is 0.294. The minimum absolute atomic E-state index is 0.294. The van der Waals surface area contributed by atoms with Crippen LogP contribution in [0.4, 0.5) is 0 Å². The van der Waals surface area contributed by atoms with E-state index in [9.17, 15) is 4.79 Å². The zero-order valence-corrected chi connectivity index (χ0v) is 11.3. The van der Waals surface area contributed by atoms with Gasteiger partial charge in [-0.1, -0.05) is 60.7 Å². The molecule has 0 aliphatic heterocycles. The van der Waals surface area contributed by atoms with Gasteiger partial charge in [-0.15, -0.1) is 0 Å². The Morgan fingerprint density at radius 2 is 1.45 bits per heavy atom. The van der Waals surface area contributed by atoms with Crippen molar-refractivity contribution in [2.75, 3.05) is 0 Å². The summed E-state index contributed by atoms with van der Waals surface area (Å²) in [5.41, 5.74) is 4.24. The second-order valence-corrected chi connectivity index (χ2v) is 5.78. The number of rotatable bonds is 0. The van der Waals surface area contributed by atoms with E-state index < -0.39 is 0 Å². The van der Waals surface area contributed by atoms with E-state index in [0.29, 0.717) is 5.78 Å². The maximum absolute atomic E-state index is 13.2. The molecule has 0 heterocycles. The number of carbonyl (C=O) groups is 1. The summed E-state index contributed by atoms with van der Waals surface area (Å²) < 4.78 is 0. The number of hydrogen-bond donors (Lipinski definition) is 0. The van der Waals surface area contributed by atoms with Crippen molar-refractivity contribution in [2.45, 2.75) is 24.7 Å². The van der Waals surface area contributed by atoms with E-state index >= 15 is 0 Å². The topological polar surface area (TPSA) is 17.1 Å². The second kappa shape index (κ2) is 4.17. The first-order valence-corrected chi connectivity index (χ1v) is 7.17.